The van der Waals surface area contributed by atoms with Gasteiger partial charge in [-0.25, -0.2) is 0 Å². The second-order valence-corrected chi connectivity index (χ2v) is 12.5. The molecule has 186 valence electrons. The summed E-state index contributed by atoms with van der Waals surface area (Å²) in [6, 6.07) is 0. The number of aliphatic hydroxyl groups is 1. The van der Waals surface area contributed by atoms with Gasteiger partial charge in [0.05, 0.1) is 18.0 Å². The first-order valence-electron chi connectivity index (χ1n) is 12.7. The zero-order valence-electron chi connectivity index (χ0n) is 20.5. The van der Waals surface area contributed by atoms with E-state index in [1.165, 1.54) is 6.92 Å². The van der Waals surface area contributed by atoms with Crippen molar-refractivity contribution in [3.63, 3.8) is 0 Å². The molecule has 0 aromatic carbocycles. The van der Waals surface area contributed by atoms with Crippen LogP contribution < -0.4 is 0 Å². The lowest BCUT2D eigenvalue weighted by atomic mass is 9.46. The molecule has 1 N–H and O–H groups in total. The monoisotopic (exact) mass is 488 g/mol. The fourth-order valence-electron chi connectivity index (χ4n) is 8.28. The highest BCUT2D eigenvalue weighted by molar-refractivity contribution is 8.14. The number of Topliss-reactive ketones (excluding diaryl/α,β-unsaturated/α-hetero) is 1. The maximum absolute atomic E-state index is 13.8. The maximum Gasteiger partial charge on any atom is 0.186 e. The molecule has 0 aromatic rings. The van der Waals surface area contributed by atoms with Gasteiger partial charge in [0.25, 0.3) is 0 Å². The third-order valence-electron chi connectivity index (χ3n) is 9.63. The average Bonchev–Trinajstić information content (AvgIpc) is 3.25. The summed E-state index contributed by atoms with van der Waals surface area (Å²) >= 11 is 1.03. The molecule has 1 heterocycles. The van der Waals surface area contributed by atoms with Gasteiger partial charge < -0.3 is 14.6 Å². The van der Waals surface area contributed by atoms with Gasteiger partial charge in [0.2, 0.25) is 0 Å². The SMILES string of the molecule is CCC[C@H]1O[C@@H]2C[C@H]3[C@@H]4CCC5=CC(=O)C=C[C@]5(C)[C@H]4[C@@H](O)C[C@]3(C)[C@]2(C(=O)CSC(C)=O)O1. The number of hydrogen-bond donors (Lipinski definition) is 1. The second-order valence-electron chi connectivity index (χ2n) is 11.3. The number of allylic oxidation sites excluding steroid dienone is 4. The van der Waals surface area contributed by atoms with E-state index in [-0.39, 0.29) is 51.7 Å². The van der Waals surface area contributed by atoms with E-state index >= 15 is 0 Å². The molecule has 0 amide bonds. The maximum atomic E-state index is 13.8. The van der Waals surface area contributed by atoms with E-state index in [9.17, 15) is 19.5 Å². The molecule has 34 heavy (non-hydrogen) atoms. The Morgan fingerprint density at radius 1 is 1.29 bits per heavy atom. The van der Waals surface area contributed by atoms with Crippen molar-refractivity contribution >= 4 is 28.4 Å². The van der Waals surface area contributed by atoms with E-state index in [0.717, 1.165) is 43.0 Å². The van der Waals surface area contributed by atoms with Crippen molar-refractivity contribution in [2.24, 2.45) is 28.6 Å². The summed E-state index contributed by atoms with van der Waals surface area (Å²) in [5.41, 5.74) is -0.965. The number of thioether (sulfide) groups is 1. The molecule has 5 rings (SSSR count). The Morgan fingerprint density at radius 2 is 2.06 bits per heavy atom. The van der Waals surface area contributed by atoms with E-state index in [1.807, 2.05) is 6.08 Å². The fourth-order valence-corrected chi connectivity index (χ4v) is 8.83. The molecular weight excluding hydrogens is 452 g/mol. The summed E-state index contributed by atoms with van der Waals surface area (Å²) in [7, 11) is 0. The van der Waals surface area contributed by atoms with Crippen molar-refractivity contribution in [3.8, 4) is 0 Å². The molecule has 0 bridgehead atoms. The van der Waals surface area contributed by atoms with E-state index in [0.29, 0.717) is 12.8 Å². The van der Waals surface area contributed by atoms with Crippen LogP contribution >= 0.6 is 11.8 Å². The lowest BCUT2D eigenvalue weighted by Gasteiger charge is -2.59. The molecule has 6 nitrogen and oxygen atoms in total. The smallest absolute Gasteiger partial charge is 0.186 e. The number of ketones is 2. The number of carbonyl (C=O) groups is 3. The van der Waals surface area contributed by atoms with Crippen molar-refractivity contribution < 1.29 is 29.0 Å². The highest BCUT2D eigenvalue weighted by Gasteiger charge is 2.75. The molecule has 0 unspecified atom stereocenters. The molecule has 4 fully saturated rings. The number of aliphatic hydroxyl groups excluding tert-OH is 1. The van der Waals surface area contributed by atoms with Crippen LogP contribution in [0.4, 0.5) is 0 Å². The van der Waals surface area contributed by atoms with Crippen LogP contribution in [-0.4, -0.2) is 51.6 Å². The topological polar surface area (TPSA) is 89.9 Å². The van der Waals surface area contributed by atoms with Gasteiger partial charge in [-0.1, -0.05) is 50.6 Å². The average molecular weight is 489 g/mol. The van der Waals surface area contributed by atoms with Gasteiger partial charge >= 0.3 is 0 Å². The van der Waals surface area contributed by atoms with Crippen LogP contribution in [0.2, 0.25) is 0 Å². The summed E-state index contributed by atoms with van der Waals surface area (Å²) in [6.45, 7) is 7.80. The summed E-state index contributed by atoms with van der Waals surface area (Å²) in [4.78, 5) is 37.6. The van der Waals surface area contributed by atoms with Gasteiger partial charge in [-0.3, -0.25) is 14.4 Å². The Hall–Kier alpha value is -1.28. The van der Waals surface area contributed by atoms with Crippen LogP contribution in [-0.2, 0) is 23.9 Å². The molecule has 5 aliphatic rings. The first-order valence-corrected chi connectivity index (χ1v) is 13.7. The lowest BCUT2D eigenvalue weighted by Crippen LogP contribution is -2.63. The van der Waals surface area contributed by atoms with Crippen LogP contribution in [0.5, 0.6) is 0 Å². The van der Waals surface area contributed by atoms with Crippen LogP contribution in [0, 0.1) is 28.6 Å². The molecule has 3 saturated carbocycles. The molecule has 7 heteroatoms. The number of ether oxygens (including phenoxy) is 2. The standard InChI is InChI=1S/C27H36O6S/c1-5-6-23-32-22-12-19-18-8-7-16-11-17(29)9-10-25(16,3)24(18)20(30)13-26(19,4)27(22,33-23)21(31)14-34-15(2)28/h9-11,18-20,22-24,30H,5-8,12-14H2,1-4H3/t18-,19-,20-,22+,23-,24+,25-,26-,27+/m0/s1. The van der Waals surface area contributed by atoms with Gasteiger partial charge in [0.15, 0.2) is 28.6 Å². The number of fused-ring (bicyclic) bond motifs is 7. The Kier molecular flexibility index (Phi) is 6.03. The van der Waals surface area contributed by atoms with Crippen molar-refractivity contribution in [1.29, 1.82) is 0 Å². The van der Waals surface area contributed by atoms with E-state index < -0.39 is 23.4 Å². The van der Waals surface area contributed by atoms with Gasteiger partial charge in [0.1, 0.15) is 0 Å². The largest absolute Gasteiger partial charge is 0.393 e. The zero-order chi connectivity index (χ0) is 24.5. The van der Waals surface area contributed by atoms with Gasteiger partial charge in [-0.2, -0.15) is 0 Å². The molecule has 0 aromatic heterocycles. The summed E-state index contributed by atoms with van der Waals surface area (Å²) in [5, 5.41) is 11.6. The highest BCUT2D eigenvalue weighted by atomic mass is 32.2. The lowest BCUT2D eigenvalue weighted by molar-refractivity contribution is -0.197. The first-order chi connectivity index (χ1) is 16.1. The second kappa shape index (κ2) is 8.39. The summed E-state index contributed by atoms with van der Waals surface area (Å²) < 4.78 is 13.0. The Balaban J connectivity index is 1.53. The van der Waals surface area contributed by atoms with E-state index in [1.54, 1.807) is 12.2 Å². The molecular formula is C27H36O6S. The molecule has 1 aliphatic heterocycles. The molecule has 1 saturated heterocycles. The quantitative estimate of drug-likeness (QED) is 0.625. The van der Waals surface area contributed by atoms with Gasteiger partial charge in [0, 0.05) is 23.7 Å². The fraction of sp³-hybridized carbons (Fsp3) is 0.741. The minimum atomic E-state index is -1.14. The number of hydrogen-bond acceptors (Lipinski definition) is 7. The number of rotatable bonds is 5. The minimum absolute atomic E-state index is 0.0149. The van der Waals surface area contributed by atoms with E-state index in [4.69, 9.17) is 9.47 Å². The van der Waals surface area contributed by atoms with Crippen LogP contribution in [0.25, 0.3) is 0 Å². The third kappa shape index (κ3) is 3.30. The predicted molar refractivity (Wildman–Crippen MR) is 129 cm³/mol. The van der Waals surface area contributed by atoms with Crippen LogP contribution in [0.3, 0.4) is 0 Å². The van der Waals surface area contributed by atoms with Crippen LogP contribution in [0.15, 0.2) is 23.8 Å². The highest BCUT2D eigenvalue weighted by Crippen LogP contribution is 2.69. The zero-order valence-corrected chi connectivity index (χ0v) is 21.4. The summed E-state index contributed by atoms with van der Waals surface area (Å²) in [6.07, 6.45) is 8.43. The molecule has 0 spiro atoms. The van der Waals surface area contributed by atoms with Crippen molar-refractivity contribution in [1.82, 2.24) is 0 Å². The Bertz CT molecular complexity index is 972. The first kappa shape index (κ1) is 24.4. The van der Waals surface area contributed by atoms with Gasteiger partial charge in [-0.15, -0.1) is 0 Å². The van der Waals surface area contributed by atoms with Crippen molar-refractivity contribution in [2.45, 2.75) is 90.3 Å². The predicted octanol–water partition coefficient (Wildman–Crippen LogP) is 4.00. The summed E-state index contributed by atoms with van der Waals surface area (Å²) in [5.74, 6) is 0.338. The van der Waals surface area contributed by atoms with Crippen molar-refractivity contribution in [3.05, 3.63) is 23.8 Å². The number of carbonyl (C=O) groups excluding carboxylic acids is 3. The van der Waals surface area contributed by atoms with Crippen LogP contribution in [0.1, 0.15) is 66.2 Å². The molecule has 9 atom stereocenters. The normalized spacial score (nSPS) is 46.9. The minimum Gasteiger partial charge on any atom is -0.393 e. The van der Waals surface area contributed by atoms with Crippen molar-refractivity contribution in [2.75, 3.05) is 5.75 Å². The Labute approximate surface area is 205 Å². The Morgan fingerprint density at radius 3 is 2.76 bits per heavy atom. The van der Waals surface area contributed by atoms with E-state index in [2.05, 4.69) is 20.8 Å². The molecule has 0 radical (unpaired) electrons. The third-order valence-corrected chi connectivity index (χ3v) is 10.4. The molecule has 4 aliphatic carbocycles. The van der Waals surface area contributed by atoms with Gasteiger partial charge in [-0.05, 0) is 56.1 Å².